The van der Waals surface area contributed by atoms with Crippen molar-refractivity contribution < 1.29 is 24.1 Å². The fourth-order valence-corrected chi connectivity index (χ4v) is 0.0833. The Morgan fingerprint density at radius 1 is 2.00 bits per heavy atom. The van der Waals surface area contributed by atoms with Crippen molar-refractivity contribution in [2.24, 2.45) is 0 Å². The normalized spacial score (nSPS) is 7.50. The van der Waals surface area contributed by atoms with Gasteiger partial charge in [-0.15, -0.1) is 0 Å². The van der Waals surface area contributed by atoms with Crippen LogP contribution in [0.4, 0.5) is 0 Å². The van der Waals surface area contributed by atoms with Gasteiger partial charge in [0, 0.05) is 0 Å². The molecule has 0 aromatic carbocycles. The topological polar surface area (TPSA) is 9.23 Å². The van der Waals surface area contributed by atoms with E-state index < -0.39 is 0 Å². The number of rotatable bonds is 2. The van der Waals surface area contributed by atoms with E-state index in [0.29, 0.717) is 0 Å². The van der Waals surface area contributed by atoms with Gasteiger partial charge in [-0.3, -0.25) is 0 Å². The van der Waals surface area contributed by atoms with Crippen molar-refractivity contribution in [3.05, 3.63) is 12.7 Å². The molecule has 0 atom stereocenters. The minimum atomic E-state index is 0.940. The molecule has 0 rings (SSSR count). The fraction of sp³-hybridized carbons (Fsp3) is 0.250. The first-order valence-corrected chi connectivity index (χ1v) is 2.98. The van der Waals surface area contributed by atoms with E-state index in [-0.39, 0.29) is 0 Å². The average Bonchev–Trinajstić information content (AvgIpc) is 1.65. The first-order chi connectivity index (χ1) is 2.81. The van der Waals surface area contributed by atoms with E-state index in [9.17, 15) is 0 Å². The van der Waals surface area contributed by atoms with Crippen molar-refractivity contribution in [1.29, 1.82) is 0 Å². The van der Waals surface area contributed by atoms with Gasteiger partial charge in [0.2, 0.25) is 0 Å². The molecule has 0 saturated heterocycles. The number of methoxy groups -OCH3 is 1. The summed E-state index contributed by atoms with van der Waals surface area (Å²) in [6.07, 6.45) is 1.70. The van der Waals surface area contributed by atoms with Crippen LogP contribution in [0.5, 0.6) is 0 Å². The van der Waals surface area contributed by atoms with Gasteiger partial charge in [-0.05, 0) is 0 Å². The van der Waals surface area contributed by atoms with E-state index in [0.717, 1.165) is 4.08 Å². The molecular formula is C4H6OW. The van der Waals surface area contributed by atoms with Crippen LogP contribution in [0.2, 0.25) is 0 Å². The number of hydrogen-bond acceptors (Lipinski definition) is 1. The Kier molecular flexibility index (Phi) is 3.60. The third-order valence-corrected chi connectivity index (χ3v) is 1.57. The third kappa shape index (κ3) is 2.49. The molecule has 0 spiro atoms. The van der Waals surface area contributed by atoms with Gasteiger partial charge in [-0.25, -0.2) is 0 Å². The third-order valence-electron chi connectivity index (χ3n) is 0.368. The molecule has 0 aromatic heterocycles. The molecule has 1 nitrogen and oxygen atoms in total. The average molecular weight is 254 g/mol. The molecular weight excluding hydrogens is 248 g/mol. The molecule has 0 fully saturated rings. The summed E-state index contributed by atoms with van der Waals surface area (Å²) in [6.45, 7) is 3.49. The minimum absolute atomic E-state index is 0.940. The SMILES string of the molecule is C=C[C](=[W])OC. The Hall–Kier alpha value is 0.258. The number of ether oxygens (including phenoxy) is 1. The van der Waals surface area contributed by atoms with Gasteiger partial charge >= 0.3 is 47.9 Å². The van der Waals surface area contributed by atoms with Gasteiger partial charge in [-0.2, -0.15) is 0 Å². The van der Waals surface area contributed by atoms with Gasteiger partial charge in [0.1, 0.15) is 0 Å². The maximum atomic E-state index is 4.73. The summed E-state index contributed by atoms with van der Waals surface area (Å²) in [5.41, 5.74) is 0. The van der Waals surface area contributed by atoms with E-state index in [1.807, 2.05) is 0 Å². The van der Waals surface area contributed by atoms with Gasteiger partial charge in [0.15, 0.2) is 0 Å². The molecule has 0 unspecified atom stereocenters. The van der Waals surface area contributed by atoms with Crippen LogP contribution in [0, 0.1) is 0 Å². The predicted molar refractivity (Wildman–Crippen MR) is 22.2 cm³/mol. The summed E-state index contributed by atoms with van der Waals surface area (Å²) in [7, 11) is 1.64. The summed E-state index contributed by atoms with van der Waals surface area (Å²) in [5, 5.41) is 0. The Balaban J connectivity index is 3.23. The Morgan fingerprint density at radius 3 is 2.50 bits per heavy atom. The van der Waals surface area contributed by atoms with Crippen LogP contribution in [0.3, 0.4) is 0 Å². The molecule has 0 bridgehead atoms. The van der Waals surface area contributed by atoms with Crippen LogP contribution in [0.15, 0.2) is 12.7 Å². The van der Waals surface area contributed by atoms with Crippen LogP contribution >= 0.6 is 0 Å². The second kappa shape index (κ2) is 3.45. The van der Waals surface area contributed by atoms with E-state index >= 15 is 0 Å². The summed E-state index contributed by atoms with van der Waals surface area (Å²) < 4.78 is 5.67. The molecule has 0 aliphatic rings. The first kappa shape index (κ1) is 6.26. The van der Waals surface area contributed by atoms with E-state index in [4.69, 9.17) is 4.74 Å². The van der Waals surface area contributed by atoms with Crippen molar-refractivity contribution in [3.63, 3.8) is 0 Å². The zero-order valence-electron chi connectivity index (χ0n) is 3.60. The second-order valence-corrected chi connectivity index (χ2v) is 2.17. The maximum absolute atomic E-state index is 4.73. The molecule has 0 amide bonds. The van der Waals surface area contributed by atoms with Gasteiger partial charge < -0.3 is 0 Å². The quantitative estimate of drug-likeness (QED) is 0.697. The number of hydrogen-bond donors (Lipinski definition) is 0. The van der Waals surface area contributed by atoms with Gasteiger partial charge in [-0.1, -0.05) is 0 Å². The summed E-state index contributed by atoms with van der Waals surface area (Å²) in [4.78, 5) is 0. The zero-order valence-corrected chi connectivity index (χ0v) is 6.53. The monoisotopic (exact) mass is 254 g/mol. The second-order valence-electron chi connectivity index (χ2n) is 0.727. The summed E-state index contributed by atoms with van der Waals surface area (Å²) in [6, 6.07) is 0. The van der Waals surface area contributed by atoms with Crippen LogP contribution in [-0.2, 0) is 24.1 Å². The molecule has 34 valence electrons. The van der Waals surface area contributed by atoms with Crippen LogP contribution in [0.1, 0.15) is 0 Å². The molecule has 0 saturated carbocycles. The van der Waals surface area contributed by atoms with E-state index in [1.54, 1.807) is 13.2 Å². The summed E-state index contributed by atoms with van der Waals surface area (Å²) in [5.74, 6) is 0. The van der Waals surface area contributed by atoms with Crippen molar-refractivity contribution >= 4 is 4.08 Å². The van der Waals surface area contributed by atoms with Gasteiger partial charge in [0.05, 0.1) is 0 Å². The predicted octanol–water partition coefficient (Wildman–Crippen LogP) is 0.495. The molecule has 6 heavy (non-hydrogen) atoms. The van der Waals surface area contributed by atoms with Crippen molar-refractivity contribution in [2.75, 3.05) is 7.11 Å². The Morgan fingerprint density at radius 2 is 2.50 bits per heavy atom. The molecule has 0 radical (unpaired) electrons. The van der Waals surface area contributed by atoms with Crippen molar-refractivity contribution in [2.45, 2.75) is 0 Å². The van der Waals surface area contributed by atoms with Crippen molar-refractivity contribution in [3.8, 4) is 0 Å². The Labute approximate surface area is 48.4 Å². The van der Waals surface area contributed by atoms with Crippen LogP contribution < -0.4 is 0 Å². The van der Waals surface area contributed by atoms with Gasteiger partial charge in [0.25, 0.3) is 0 Å². The fourth-order valence-electron chi connectivity index (χ4n) is 0.0833. The molecule has 0 aromatic rings. The zero-order chi connectivity index (χ0) is 4.99. The first-order valence-electron chi connectivity index (χ1n) is 1.51. The molecule has 0 N–H and O–H groups in total. The van der Waals surface area contributed by atoms with Crippen molar-refractivity contribution in [1.82, 2.24) is 0 Å². The van der Waals surface area contributed by atoms with E-state index in [1.165, 1.54) is 19.4 Å². The standard InChI is InChI=1S/C4H6O.W/c1-3-4-5-2;/h3H,1H2,2H3;. The summed E-state index contributed by atoms with van der Waals surface area (Å²) >= 11 is 1.32. The van der Waals surface area contributed by atoms with Crippen LogP contribution in [-0.4, -0.2) is 11.2 Å². The molecule has 0 aliphatic heterocycles. The molecule has 2 heteroatoms. The van der Waals surface area contributed by atoms with Crippen LogP contribution in [0.25, 0.3) is 0 Å². The molecule has 0 heterocycles. The Bertz CT molecular complexity index is 67.9. The van der Waals surface area contributed by atoms with E-state index in [2.05, 4.69) is 6.58 Å². The molecule has 0 aliphatic carbocycles.